The molecule has 3 aromatic rings. The molecule has 0 N–H and O–H groups in total. The number of nitriles is 1. The summed E-state index contributed by atoms with van der Waals surface area (Å²) in [6.45, 7) is 0. The van der Waals surface area contributed by atoms with Crippen LogP contribution in [0.3, 0.4) is 0 Å². The van der Waals surface area contributed by atoms with Crippen LogP contribution in [-0.2, 0) is 0 Å². The fraction of sp³-hybridized carbons (Fsp3) is 0. The minimum Gasteiger partial charge on any atom is -0.438 e. The van der Waals surface area contributed by atoms with E-state index < -0.39 is 0 Å². The lowest BCUT2D eigenvalue weighted by Gasteiger charge is -2.09. The van der Waals surface area contributed by atoms with E-state index in [-0.39, 0.29) is 5.88 Å². The van der Waals surface area contributed by atoms with Crippen molar-refractivity contribution in [1.29, 1.82) is 5.26 Å². The third-order valence-corrected chi connectivity index (χ3v) is 3.89. The van der Waals surface area contributed by atoms with Crippen molar-refractivity contribution < 1.29 is 4.74 Å². The van der Waals surface area contributed by atoms with E-state index in [0.29, 0.717) is 21.4 Å². The van der Waals surface area contributed by atoms with Gasteiger partial charge in [0.15, 0.2) is 0 Å². The van der Waals surface area contributed by atoms with Gasteiger partial charge in [-0.15, -0.1) is 0 Å². The Labute approximate surface area is 143 Å². The van der Waals surface area contributed by atoms with Crippen LogP contribution in [0.25, 0.3) is 11.3 Å². The first-order chi connectivity index (χ1) is 11.2. The Morgan fingerprint density at radius 3 is 2.39 bits per heavy atom. The number of halogens is 2. The Bertz CT molecular complexity index is 889. The summed E-state index contributed by atoms with van der Waals surface area (Å²) >= 11 is 11.9. The summed E-state index contributed by atoms with van der Waals surface area (Å²) in [7, 11) is 0. The maximum atomic E-state index is 9.24. The van der Waals surface area contributed by atoms with Gasteiger partial charge in [0.2, 0.25) is 5.88 Å². The van der Waals surface area contributed by atoms with Crippen molar-refractivity contribution in [2.45, 2.75) is 0 Å². The van der Waals surface area contributed by atoms with Gasteiger partial charge in [0, 0.05) is 11.6 Å². The first-order valence-corrected chi connectivity index (χ1v) is 7.52. The van der Waals surface area contributed by atoms with Crippen molar-refractivity contribution in [2.24, 2.45) is 0 Å². The second-order valence-electron chi connectivity index (χ2n) is 4.71. The molecule has 0 aliphatic rings. The average molecular weight is 341 g/mol. The molecule has 23 heavy (non-hydrogen) atoms. The largest absolute Gasteiger partial charge is 0.438 e. The van der Waals surface area contributed by atoms with Crippen LogP contribution < -0.4 is 4.74 Å². The summed E-state index contributed by atoms with van der Waals surface area (Å²) in [5.41, 5.74) is 2.01. The highest BCUT2D eigenvalue weighted by Gasteiger charge is 2.10. The number of hydrogen-bond acceptors (Lipinski definition) is 3. The van der Waals surface area contributed by atoms with E-state index in [2.05, 4.69) is 11.1 Å². The SMILES string of the molecule is N#Cc1ccc(-c2ccccc2)nc1Oc1ccc(Cl)c(Cl)c1. The standard InChI is InChI=1S/C18H10Cl2N2O/c19-15-8-7-14(10-16(15)20)23-18-13(11-21)6-9-17(22-18)12-4-2-1-3-5-12/h1-10H. The van der Waals surface area contributed by atoms with E-state index in [1.54, 1.807) is 30.3 Å². The van der Waals surface area contributed by atoms with Crippen LogP contribution in [0.2, 0.25) is 10.0 Å². The molecule has 112 valence electrons. The van der Waals surface area contributed by atoms with Gasteiger partial charge in [-0.3, -0.25) is 0 Å². The molecule has 0 spiro atoms. The second kappa shape index (κ2) is 6.70. The van der Waals surface area contributed by atoms with Crippen LogP contribution in [0.15, 0.2) is 60.7 Å². The Morgan fingerprint density at radius 2 is 1.70 bits per heavy atom. The highest BCUT2D eigenvalue weighted by Crippen LogP contribution is 2.31. The summed E-state index contributed by atoms with van der Waals surface area (Å²) in [6, 6.07) is 20.1. The molecule has 3 rings (SSSR count). The summed E-state index contributed by atoms with van der Waals surface area (Å²) in [5, 5.41) is 10.1. The molecular weight excluding hydrogens is 331 g/mol. The minimum absolute atomic E-state index is 0.229. The average Bonchev–Trinajstić information content (AvgIpc) is 2.59. The number of ether oxygens (including phenoxy) is 1. The van der Waals surface area contributed by atoms with Crippen molar-refractivity contribution in [2.75, 3.05) is 0 Å². The van der Waals surface area contributed by atoms with Crippen LogP contribution in [-0.4, -0.2) is 4.98 Å². The number of benzene rings is 2. The molecule has 1 heterocycles. The third kappa shape index (κ3) is 3.45. The van der Waals surface area contributed by atoms with Crippen LogP contribution in [0.4, 0.5) is 0 Å². The van der Waals surface area contributed by atoms with Gasteiger partial charge in [-0.1, -0.05) is 53.5 Å². The molecule has 0 bridgehead atoms. The third-order valence-electron chi connectivity index (χ3n) is 3.16. The van der Waals surface area contributed by atoms with Crippen molar-refractivity contribution in [3.05, 3.63) is 76.3 Å². The van der Waals surface area contributed by atoms with Crippen LogP contribution >= 0.6 is 23.2 Å². The van der Waals surface area contributed by atoms with Crippen molar-refractivity contribution >= 4 is 23.2 Å². The predicted octanol–water partition coefficient (Wildman–Crippen LogP) is 5.72. The minimum atomic E-state index is 0.229. The highest BCUT2D eigenvalue weighted by molar-refractivity contribution is 6.42. The maximum absolute atomic E-state index is 9.24. The lowest BCUT2D eigenvalue weighted by molar-refractivity contribution is 0.462. The fourth-order valence-corrected chi connectivity index (χ4v) is 2.31. The highest BCUT2D eigenvalue weighted by atomic mass is 35.5. The molecule has 0 saturated heterocycles. The lowest BCUT2D eigenvalue weighted by atomic mass is 10.1. The molecule has 0 saturated carbocycles. The number of pyridine rings is 1. The van der Waals surface area contributed by atoms with Gasteiger partial charge in [-0.05, 0) is 24.3 Å². The molecule has 0 aliphatic carbocycles. The van der Waals surface area contributed by atoms with Gasteiger partial charge in [-0.2, -0.15) is 5.26 Å². The summed E-state index contributed by atoms with van der Waals surface area (Å²) in [4.78, 5) is 4.44. The van der Waals surface area contributed by atoms with Gasteiger partial charge in [0.1, 0.15) is 17.4 Å². The topological polar surface area (TPSA) is 45.9 Å². The van der Waals surface area contributed by atoms with Gasteiger partial charge < -0.3 is 4.74 Å². The number of rotatable bonds is 3. The first kappa shape index (κ1) is 15.4. The molecule has 2 aromatic carbocycles. The van der Waals surface area contributed by atoms with Crippen molar-refractivity contribution in [1.82, 2.24) is 4.98 Å². The molecule has 0 atom stereocenters. The van der Waals surface area contributed by atoms with Gasteiger partial charge in [-0.25, -0.2) is 4.98 Å². The number of nitrogens with zero attached hydrogens (tertiary/aromatic N) is 2. The predicted molar refractivity (Wildman–Crippen MR) is 90.9 cm³/mol. The molecule has 5 heteroatoms. The van der Waals surface area contributed by atoms with E-state index in [1.807, 2.05) is 30.3 Å². The Hall–Kier alpha value is -2.54. The number of hydrogen-bond donors (Lipinski definition) is 0. The number of aromatic nitrogens is 1. The van der Waals surface area contributed by atoms with Crippen LogP contribution in [0.1, 0.15) is 5.56 Å². The van der Waals surface area contributed by atoms with Crippen molar-refractivity contribution in [3.8, 4) is 29.0 Å². The Balaban J connectivity index is 2.00. The molecular formula is C18H10Cl2N2O. The molecule has 0 radical (unpaired) electrons. The molecule has 1 aromatic heterocycles. The van der Waals surface area contributed by atoms with E-state index in [0.717, 1.165) is 11.3 Å². The smallest absolute Gasteiger partial charge is 0.237 e. The van der Waals surface area contributed by atoms with E-state index in [1.165, 1.54) is 0 Å². The summed E-state index contributed by atoms with van der Waals surface area (Å²) in [6.07, 6.45) is 0. The Morgan fingerprint density at radius 1 is 0.913 bits per heavy atom. The summed E-state index contributed by atoms with van der Waals surface area (Å²) < 4.78 is 5.72. The molecule has 3 nitrogen and oxygen atoms in total. The first-order valence-electron chi connectivity index (χ1n) is 6.77. The van der Waals surface area contributed by atoms with Crippen LogP contribution in [0, 0.1) is 11.3 Å². The second-order valence-corrected chi connectivity index (χ2v) is 5.52. The molecule has 0 aliphatic heterocycles. The van der Waals surface area contributed by atoms with E-state index in [9.17, 15) is 5.26 Å². The zero-order valence-corrected chi connectivity index (χ0v) is 13.3. The monoisotopic (exact) mass is 340 g/mol. The zero-order chi connectivity index (χ0) is 16.2. The normalized spacial score (nSPS) is 10.1. The van der Waals surface area contributed by atoms with Gasteiger partial charge >= 0.3 is 0 Å². The quantitative estimate of drug-likeness (QED) is 0.612. The zero-order valence-electron chi connectivity index (χ0n) is 11.8. The van der Waals surface area contributed by atoms with Gasteiger partial charge in [0.05, 0.1) is 15.7 Å². The molecule has 0 amide bonds. The molecule has 0 unspecified atom stereocenters. The Kier molecular flexibility index (Phi) is 4.47. The van der Waals surface area contributed by atoms with Gasteiger partial charge in [0.25, 0.3) is 0 Å². The fourth-order valence-electron chi connectivity index (χ4n) is 2.03. The van der Waals surface area contributed by atoms with E-state index >= 15 is 0 Å². The van der Waals surface area contributed by atoms with Crippen LogP contribution in [0.5, 0.6) is 11.6 Å². The van der Waals surface area contributed by atoms with Crippen molar-refractivity contribution in [3.63, 3.8) is 0 Å². The lowest BCUT2D eigenvalue weighted by Crippen LogP contribution is -1.94. The van der Waals surface area contributed by atoms with E-state index in [4.69, 9.17) is 27.9 Å². The summed E-state index contributed by atoms with van der Waals surface area (Å²) in [5.74, 6) is 0.695. The maximum Gasteiger partial charge on any atom is 0.237 e. The molecule has 0 fully saturated rings.